The van der Waals surface area contributed by atoms with E-state index in [0.717, 1.165) is 44.1 Å². The maximum Gasteiger partial charge on any atom is 0.224 e. The van der Waals surface area contributed by atoms with Crippen LogP contribution >= 0.6 is 0 Å². The van der Waals surface area contributed by atoms with Crippen LogP contribution in [0.1, 0.15) is 50.2 Å². The second-order valence-corrected chi connectivity index (χ2v) is 6.17. The van der Waals surface area contributed by atoms with Gasteiger partial charge in [0.1, 0.15) is 0 Å². The summed E-state index contributed by atoms with van der Waals surface area (Å²) in [7, 11) is 0. The summed E-state index contributed by atoms with van der Waals surface area (Å²) in [5, 5.41) is 3.04. The Hall–Kier alpha value is -1.84. The molecule has 0 bridgehead atoms. The first-order valence-electron chi connectivity index (χ1n) is 8.26. The van der Waals surface area contributed by atoms with Crippen molar-refractivity contribution in [3.63, 3.8) is 0 Å². The molecular weight excluding hydrogens is 276 g/mol. The maximum atomic E-state index is 12.3. The molecule has 2 rings (SSSR count). The highest BCUT2D eigenvalue weighted by molar-refractivity contribution is 5.81. The van der Waals surface area contributed by atoms with Crippen LogP contribution in [0.5, 0.6) is 0 Å². The minimum atomic E-state index is -0.291. The molecule has 0 saturated heterocycles. The van der Waals surface area contributed by atoms with Crippen LogP contribution in [0.25, 0.3) is 0 Å². The molecule has 0 aliphatic heterocycles. The third kappa shape index (κ3) is 4.58. The molecule has 0 spiro atoms. The van der Waals surface area contributed by atoms with Crippen molar-refractivity contribution in [2.75, 3.05) is 0 Å². The second-order valence-electron chi connectivity index (χ2n) is 6.17. The SMILES string of the molecule is CCc1cccc(CC(=O)N[C@@H]2CCCCC[C@H]2C(N)=O)c1. The Morgan fingerprint density at radius 3 is 2.64 bits per heavy atom. The minimum absolute atomic E-state index is 0.0218. The maximum absolute atomic E-state index is 12.3. The fraction of sp³-hybridized carbons (Fsp3) is 0.556. The highest BCUT2D eigenvalue weighted by atomic mass is 16.2. The zero-order chi connectivity index (χ0) is 15.9. The summed E-state index contributed by atoms with van der Waals surface area (Å²) in [4.78, 5) is 23.9. The van der Waals surface area contributed by atoms with Gasteiger partial charge in [-0.1, -0.05) is 50.5 Å². The zero-order valence-corrected chi connectivity index (χ0v) is 13.3. The van der Waals surface area contributed by atoms with E-state index >= 15 is 0 Å². The minimum Gasteiger partial charge on any atom is -0.369 e. The smallest absolute Gasteiger partial charge is 0.224 e. The number of rotatable bonds is 5. The quantitative estimate of drug-likeness (QED) is 0.819. The van der Waals surface area contributed by atoms with Crippen LogP contribution < -0.4 is 11.1 Å². The van der Waals surface area contributed by atoms with Gasteiger partial charge in [0.15, 0.2) is 0 Å². The largest absolute Gasteiger partial charge is 0.369 e. The average molecular weight is 302 g/mol. The molecule has 3 N–H and O–H groups in total. The molecule has 22 heavy (non-hydrogen) atoms. The van der Waals surface area contributed by atoms with Crippen LogP contribution in [-0.2, 0) is 22.4 Å². The summed E-state index contributed by atoms with van der Waals surface area (Å²) in [6.07, 6.45) is 6.10. The summed E-state index contributed by atoms with van der Waals surface area (Å²) >= 11 is 0. The molecule has 4 heteroatoms. The van der Waals surface area contributed by atoms with E-state index in [1.807, 2.05) is 12.1 Å². The van der Waals surface area contributed by atoms with Gasteiger partial charge in [0.05, 0.1) is 12.3 Å². The van der Waals surface area contributed by atoms with E-state index in [0.29, 0.717) is 6.42 Å². The Bertz CT molecular complexity index is 528. The molecule has 1 aromatic carbocycles. The zero-order valence-electron chi connectivity index (χ0n) is 13.3. The molecule has 1 aliphatic rings. The predicted octanol–water partition coefficient (Wildman–Crippen LogP) is 2.34. The van der Waals surface area contributed by atoms with Crippen molar-refractivity contribution in [2.24, 2.45) is 11.7 Å². The van der Waals surface area contributed by atoms with E-state index in [2.05, 4.69) is 24.4 Å². The van der Waals surface area contributed by atoms with Gasteiger partial charge in [0.2, 0.25) is 11.8 Å². The summed E-state index contributed by atoms with van der Waals surface area (Å²) in [5.74, 6) is -0.542. The van der Waals surface area contributed by atoms with Crippen molar-refractivity contribution in [2.45, 2.75) is 57.9 Å². The van der Waals surface area contributed by atoms with Crippen LogP contribution in [0.3, 0.4) is 0 Å². The number of primary amides is 1. The lowest BCUT2D eigenvalue weighted by Gasteiger charge is -2.23. The van der Waals surface area contributed by atoms with Crippen molar-refractivity contribution >= 4 is 11.8 Å². The number of nitrogens with one attached hydrogen (secondary N) is 1. The van der Waals surface area contributed by atoms with Crippen molar-refractivity contribution in [3.8, 4) is 0 Å². The highest BCUT2D eigenvalue weighted by Gasteiger charge is 2.29. The Kier molecular flexibility index (Phi) is 5.99. The molecule has 1 aliphatic carbocycles. The second kappa shape index (κ2) is 7.97. The summed E-state index contributed by atoms with van der Waals surface area (Å²) in [5.41, 5.74) is 7.75. The summed E-state index contributed by atoms with van der Waals surface area (Å²) in [6, 6.07) is 7.98. The molecule has 0 radical (unpaired) electrons. The van der Waals surface area contributed by atoms with Crippen molar-refractivity contribution < 1.29 is 9.59 Å². The first-order chi connectivity index (χ1) is 10.6. The van der Waals surface area contributed by atoms with Gasteiger partial charge in [-0.2, -0.15) is 0 Å². The highest BCUT2D eigenvalue weighted by Crippen LogP contribution is 2.23. The summed E-state index contributed by atoms with van der Waals surface area (Å²) in [6.45, 7) is 2.10. The van der Waals surface area contributed by atoms with Gasteiger partial charge in [0.25, 0.3) is 0 Å². The van der Waals surface area contributed by atoms with Crippen LogP contribution in [0.15, 0.2) is 24.3 Å². The molecule has 0 aromatic heterocycles. The molecule has 2 atom stereocenters. The number of nitrogens with two attached hydrogens (primary N) is 1. The molecule has 1 saturated carbocycles. The Labute approximate surface area is 132 Å². The molecule has 1 aromatic rings. The van der Waals surface area contributed by atoms with Crippen LogP contribution in [0, 0.1) is 5.92 Å². The molecule has 120 valence electrons. The Morgan fingerprint density at radius 2 is 1.91 bits per heavy atom. The van der Waals surface area contributed by atoms with E-state index < -0.39 is 0 Å². The average Bonchev–Trinajstić information content (AvgIpc) is 2.72. The lowest BCUT2D eigenvalue weighted by Crippen LogP contribution is -2.45. The Balaban J connectivity index is 1.98. The van der Waals surface area contributed by atoms with Gasteiger partial charge >= 0.3 is 0 Å². The number of carbonyl (C=O) groups excluding carboxylic acids is 2. The molecule has 2 amide bonds. The third-order valence-electron chi connectivity index (χ3n) is 4.49. The number of benzene rings is 1. The molecule has 4 nitrogen and oxygen atoms in total. The summed E-state index contributed by atoms with van der Waals surface area (Å²) < 4.78 is 0. The van der Waals surface area contributed by atoms with Gasteiger partial charge in [0, 0.05) is 6.04 Å². The van der Waals surface area contributed by atoms with Crippen LogP contribution in [-0.4, -0.2) is 17.9 Å². The van der Waals surface area contributed by atoms with Crippen LogP contribution in [0.2, 0.25) is 0 Å². The van der Waals surface area contributed by atoms with Gasteiger partial charge < -0.3 is 11.1 Å². The van der Waals surface area contributed by atoms with Gasteiger partial charge in [-0.15, -0.1) is 0 Å². The lowest BCUT2D eigenvalue weighted by atomic mass is 9.93. The van der Waals surface area contributed by atoms with Gasteiger partial charge in [-0.05, 0) is 30.4 Å². The standard InChI is InChI=1S/C18H26N2O2/c1-2-13-7-6-8-14(11-13)12-17(21)20-16-10-5-3-4-9-15(16)18(19)22/h6-8,11,15-16H,2-5,9-10,12H2,1H3,(H2,19,22)(H,20,21)/t15-,16-/m1/s1. The topological polar surface area (TPSA) is 72.2 Å². The Morgan fingerprint density at radius 1 is 1.18 bits per heavy atom. The fourth-order valence-electron chi connectivity index (χ4n) is 3.22. The van der Waals surface area contributed by atoms with Crippen molar-refractivity contribution in [1.29, 1.82) is 0 Å². The van der Waals surface area contributed by atoms with E-state index in [1.54, 1.807) is 0 Å². The number of carbonyl (C=O) groups is 2. The molecule has 0 heterocycles. The number of amides is 2. The monoisotopic (exact) mass is 302 g/mol. The fourth-order valence-corrected chi connectivity index (χ4v) is 3.22. The van der Waals surface area contributed by atoms with Crippen LogP contribution in [0.4, 0.5) is 0 Å². The molecular formula is C18H26N2O2. The van der Waals surface area contributed by atoms with E-state index in [4.69, 9.17) is 5.73 Å². The number of hydrogen-bond donors (Lipinski definition) is 2. The number of hydrogen-bond acceptors (Lipinski definition) is 2. The van der Waals surface area contributed by atoms with Gasteiger partial charge in [-0.3, -0.25) is 9.59 Å². The predicted molar refractivity (Wildman–Crippen MR) is 87.2 cm³/mol. The molecule has 0 unspecified atom stereocenters. The first kappa shape index (κ1) is 16.5. The van der Waals surface area contributed by atoms with E-state index in [-0.39, 0.29) is 23.8 Å². The normalized spacial score (nSPS) is 21.9. The van der Waals surface area contributed by atoms with Crippen molar-refractivity contribution in [1.82, 2.24) is 5.32 Å². The first-order valence-corrected chi connectivity index (χ1v) is 8.26. The lowest BCUT2D eigenvalue weighted by molar-refractivity contribution is -0.125. The van der Waals surface area contributed by atoms with E-state index in [9.17, 15) is 9.59 Å². The number of aryl methyl sites for hydroxylation is 1. The third-order valence-corrected chi connectivity index (χ3v) is 4.49. The van der Waals surface area contributed by atoms with E-state index in [1.165, 1.54) is 5.56 Å². The van der Waals surface area contributed by atoms with Gasteiger partial charge in [-0.25, -0.2) is 0 Å². The van der Waals surface area contributed by atoms with Crippen molar-refractivity contribution in [3.05, 3.63) is 35.4 Å². The molecule has 1 fully saturated rings.